The molecule has 13 heteroatoms. The van der Waals surface area contributed by atoms with Crippen LogP contribution in [-0.2, 0) is 4.79 Å². The van der Waals surface area contributed by atoms with Crippen molar-refractivity contribution < 1.29 is 19.1 Å². The van der Waals surface area contributed by atoms with E-state index in [0.717, 1.165) is 5.01 Å². The second-order valence-electron chi connectivity index (χ2n) is 9.64. The first kappa shape index (κ1) is 30.5. The van der Waals surface area contributed by atoms with Gasteiger partial charge >= 0.3 is 0 Å². The molecule has 1 aliphatic rings. The first-order valence-electron chi connectivity index (χ1n) is 13.3. The number of amides is 2. The molecule has 0 saturated carbocycles. The molecule has 9 nitrogen and oxygen atoms in total. The van der Waals surface area contributed by atoms with Crippen LogP contribution < -0.4 is 14.9 Å². The van der Waals surface area contributed by atoms with Crippen LogP contribution in [0.1, 0.15) is 21.5 Å². The van der Waals surface area contributed by atoms with Gasteiger partial charge in [-0.05, 0) is 35.9 Å². The van der Waals surface area contributed by atoms with Crippen LogP contribution >= 0.6 is 46.4 Å². The van der Waals surface area contributed by atoms with E-state index in [-0.39, 0.29) is 48.6 Å². The third-order valence-corrected chi connectivity index (χ3v) is 8.74. The molecule has 1 aromatic heterocycles. The lowest BCUT2D eigenvalue weighted by Gasteiger charge is -2.21. The van der Waals surface area contributed by atoms with E-state index in [1.807, 2.05) is 24.3 Å². The van der Waals surface area contributed by atoms with Crippen LogP contribution in [0.2, 0.25) is 20.1 Å². The Morgan fingerprint density at radius 3 is 2.27 bits per heavy atom. The highest BCUT2D eigenvalue weighted by molar-refractivity contribution is 6.54. The Bertz CT molecular complexity index is 2030. The van der Waals surface area contributed by atoms with Gasteiger partial charge < -0.3 is 14.5 Å². The van der Waals surface area contributed by atoms with Gasteiger partial charge in [-0.25, -0.2) is 9.98 Å². The highest BCUT2D eigenvalue weighted by atomic mass is 35.5. The van der Waals surface area contributed by atoms with Crippen molar-refractivity contribution >= 4 is 81.2 Å². The number of para-hydroxylation sites is 2. The number of imidazole rings is 1. The number of rotatable bonds is 7. The van der Waals surface area contributed by atoms with Crippen molar-refractivity contribution in [3.8, 4) is 22.9 Å². The standard InChI is InChI=1S/C32H21Cl4N5O4/c1-44-21-13-12-16(15-22(21)45-2)14-20-32(43)41(30(39-20)17-8-4-3-5-9-17)40-31(42)24-23(25(33)27(35)28(36)26(24)34)29-37-18-10-6-7-11-19(18)38-29/h3-15H,1-2H3,(H,37,38)(H,40,42)/b20-14-. The second kappa shape index (κ2) is 12.5. The van der Waals surface area contributed by atoms with Crippen molar-refractivity contribution in [2.45, 2.75) is 0 Å². The fraction of sp³-hybridized carbons (Fsp3) is 0.0625. The third-order valence-electron chi connectivity index (χ3n) is 6.94. The third kappa shape index (κ3) is 5.60. The van der Waals surface area contributed by atoms with E-state index in [9.17, 15) is 9.59 Å². The minimum Gasteiger partial charge on any atom is -0.493 e. The molecular formula is C32H21Cl4N5O4. The zero-order valence-electron chi connectivity index (χ0n) is 23.5. The summed E-state index contributed by atoms with van der Waals surface area (Å²) in [5, 5.41) is 0.629. The van der Waals surface area contributed by atoms with Crippen molar-refractivity contribution in [1.29, 1.82) is 0 Å². The van der Waals surface area contributed by atoms with Crippen LogP contribution in [-0.4, -0.2) is 46.8 Å². The predicted octanol–water partition coefficient (Wildman–Crippen LogP) is 7.84. The van der Waals surface area contributed by atoms with Gasteiger partial charge in [0.1, 0.15) is 11.5 Å². The molecule has 5 aromatic rings. The van der Waals surface area contributed by atoms with E-state index < -0.39 is 11.8 Å². The van der Waals surface area contributed by atoms with Gasteiger partial charge in [0.05, 0.1) is 56.5 Å². The Labute approximate surface area is 277 Å². The maximum atomic E-state index is 14.1. The number of H-pyrrole nitrogens is 1. The molecule has 0 saturated heterocycles. The molecule has 2 N–H and O–H groups in total. The number of amidine groups is 1. The molecule has 2 amide bonds. The number of methoxy groups -OCH3 is 2. The SMILES string of the molecule is COc1ccc(/C=C2\N=C(c3ccccc3)N(NC(=O)c3c(Cl)c(Cl)c(Cl)c(Cl)c3-c3nc4ccccc4[nH]3)C2=O)cc1OC. The Hall–Kier alpha value is -4.54. The van der Waals surface area contributed by atoms with Crippen molar-refractivity contribution in [1.82, 2.24) is 20.4 Å². The molecule has 0 spiro atoms. The number of nitrogens with zero attached hydrogens (tertiary/aromatic N) is 3. The first-order chi connectivity index (χ1) is 21.7. The van der Waals surface area contributed by atoms with Crippen molar-refractivity contribution in [2.75, 3.05) is 14.2 Å². The summed E-state index contributed by atoms with van der Waals surface area (Å²) in [7, 11) is 3.04. The number of fused-ring (bicyclic) bond motifs is 1. The number of halogens is 4. The molecule has 0 aliphatic carbocycles. The Kier molecular flexibility index (Phi) is 8.44. The van der Waals surface area contributed by atoms with Gasteiger partial charge in [-0.1, -0.05) is 94.9 Å². The number of hydrogen-bond donors (Lipinski definition) is 2. The fourth-order valence-corrected chi connectivity index (χ4v) is 5.83. The van der Waals surface area contributed by atoms with E-state index in [1.165, 1.54) is 14.2 Å². The number of aromatic amines is 1. The highest BCUT2D eigenvalue weighted by Gasteiger charge is 2.35. The summed E-state index contributed by atoms with van der Waals surface area (Å²) in [6.45, 7) is 0. The summed E-state index contributed by atoms with van der Waals surface area (Å²) < 4.78 is 10.7. The second-order valence-corrected chi connectivity index (χ2v) is 11.1. The van der Waals surface area contributed by atoms with Crippen LogP contribution in [0.3, 0.4) is 0 Å². The lowest BCUT2D eigenvalue weighted by molar-refractivity contribution is -0.124. The number of aromatic nitrogens is 2. The van der Waals surface area contributed by atoms with Crippen LogP contribution in [0.4, 0.5) is 0 Å². The Morgan fingerprint density at radius 2 is 1.56 bits per heavy atom. The number of hydrogen-bond acceptors (Lipinski definition) is 6. The molecule has 0 atom stereocenters. The number of ether oxygens (including phenoxy) is 2. The minimum absolute atomic E-state index is 0.0472. The molecular weight excluding hydrogens is 660 g/mol. The monoisotopic (exact) mass is 679 g/mol. The molecule has 1 aliphatic heterocycles. The zero-order valence-corrected chi connectivity index (χ0v) is 26.5. The smallest absolute Gasteiger partial charge is 0.297 e. The number of carbonyl (C=O) groups excluding carboxylic acids is 2. The van der Waals surface area contributed by atoms with E-state index in [4.69, 9.17) is 55.9 Å². The van der Waals surface area contributed by atoms with E-state index in [1.54, 1.807) is 54.6 Å². The molecule has 45 heavy (non-hydrogen) atoms. The van der Waals surface area contributed by atoms with E-state index >= 15 is 0 Å². The van der Waals surface area contributed by atoms with Crippen LogP contribution in [0, 0.1) is 0 Å². The maximum absolute atomic E-state index is 14.1. The topological polar surface area (TPSA) is 109 Å². The fourth-order valence-electron chi connectivity index (χ4n) is 4.80. The van der Waals surface area contributed by atoms with Gasteiger partial charge in [0.2, 0.25) is 0 Å². The van der Waals surface area contributed by atoms with Crippen molar-refractivity contribution in [3.63, 3.8) is 0 Å². The molecule has 6 rings (SSSR count). The van der Waals surface area contributed by atoms with Crippen LogP contribution in [0.5, 0.6) is 11.5 Å². The summed E-state index contributed by atoms with van der Waals surface area (Å²) in [6, 6.07) is 21.3. The van der Waals surface area contributed by atoms with E-state index in [0.29, 0.717) is 33.7 Å². The number of nitrogens with one attached hydrogen (secondary N) is 2. The normalized spacial score (nSPS) is 13.8. The number of carbonyl (C=O) groups is 2. The van der Waals surface area contributed by atoms with Gasteiger partial charge in [0.25, 0.3) is 11.8 Å². The van der Waals surface area contributed by atoms with Crippen LogP contribution in [0.25, 0.3) is 28.5 Å². The van der Waals surface area contributed by atoms with Gasteiger partial charge in [0, 0.05) is 5.56 Å². The Balaban J connectivity index is 1.44. The quantitative estimate of drug-likeness (QED) is 0.103. The van der Waals surface area contributed by atoms with E-state index in [2.05, 4.69) is 20.4 Å². The molecule has 0 fully saturated rings. The maximum Gasteiger partial charge on any atom is 0.297 e. The van der Waals surface area contributed by atoms with Gasteiger partial charge in [0.15, 0.2) is 17.3 Å². The van der Waals surface area contributed by atoms with Gasteiger partial charge in [-0.3, -0.25) is 15.0 Å². The summed E-state index contributed by atoms with van der Waals surface area (Å²) >= 11 is 26.1. The lowest BCUT2D eigenvalue weighted by Crippen LogP contribution is -2.47. The minimum atomic E-state index is -0.805. The summed E-state index contributed by atoms with van der Waals surface area (Å²) in [5.74, 6) is -0.0141. The molecule has 0 unspecified atom stereocenters. The lowest BCUT2D eigenvalue weighted by atomic mass is 10.1. The van der Waals surface area contributed by atoms with Gasteiger partial charge in [-0.15, -0.1) is 0 Å². The number of hydrazine groups is 1. The average Bonchev–Trinajstić information content (AvgIpc) is 3.62. The predicted molar refractivity (Wildman–Crippen MR) is 176 cm³/mol. The van der Waals surface area contributed by atoms with Gasteiger partial charge in [-0.2, -0.15) is 5.01 Å². The first-order valence-corrected chi connectivity index (χ1v) is 14.8. The largest absolute Gasteiger partial charge is 0.493 e. The zero-order chi connectivity index (χ0) is 31.8. The van der Waals surface area contributed by atoms with Crippen molar-refractivity contribution in [3.05, 3.63) is 115 Å². The molecule has 0 bridgehead atoms. The molecule has 0 radical (unpaired) electrons. The molecule has 226 valence electrons. The number of aliphatic imine (C=N–C) groups is 1. The van der Waals surface area contributed by atoms with Crippen molar-refractivity contribution in [2.24, 2.45) is 4.99 Å². The molecule has 2 heterocycles. The summed E-state index contributed by atoms with van der Waals surface area (Å²) in [5.41, 5.74) is 5.16. The summed E-state index contributed by atoms with van der Waals surface area (Å²) in [6.07, 6.45) is 1.57. The average molecular weight is 681 g/mol. The summed E-state index contributed by atoms with van der Waals surface area (Å²) in [4.78, 5) is 40.2. The molecule has 4 aromatic carbocycles. The highest BCUT2D eigenvalue weighted by Crippen LogP contribution is 2.45. The Morgan fingerprint density at radius 1 is 0.867 bits per heavy atom. The number of benzene rings is 4. The van der Waals surface area contributed by atoms with Crippen LogP contribution in [0.15, 0.2) is 83.5 Å².